The summed E-state index contributed by atoms with van der Waals surface area (Å²) < 4.78 is 10.6. The number of hydrogen-bond acceptors (Lipinski definition) is 4. The largest absolute Gasteiger partial charge is 0.497 e. The Kier molecular flexibility index (Phi) is 7.36. The molecule has 1 heterocycles. The molecule has 0 unspecified atom stereocenters. The second-order valence-electron chi connectivity index (χ2n) is 8.78. The summed E-state index contributed by atoms with van der Waals surface area (Å²) in [6, 6.07) is 21.1. The predicted octanol–water partition coefficient (Wildman–Crippen LogP) is 3.93. The van der Waals surface area contributed by atoms with Crippen LogP contribution in [0.15, 0.2) is 66.7 Å². The van der Waals surface area contributed by atoms with Crippen molar-refractivity contribution in [3.8, 4) is 11.5 Å². The first-order chi connectivity index (χ1) is 16.5. The topological polar surface area (TPSA) is 55.8 Å². The van der Waals surface area contributed by atoms with Crippen LogP contribution < -0.4 is 14.9 Å². The normalized spacial score (nSPS) is 13.9. The van der Waals surface area contributed by atoms with Crippen LogP contribution in [0.4, 0.5) is 0 Å². The Labute approximate surface area is 201 Å². The standard InChI is InChI=1S/C28H30BNO4/c1-19-8-9-22(18-25(19)29-27(31)24-6-4-5-7-26(24)34-3)28(32)30-16-14-21(15-17-30)20-10-12-23(33-2)13-11-20/h4-13,18,21,29H,14-17H2,1-3H3. The number of ether oxygens (including phenoxy) is 2. The van der Waals surface area contributed by atoms with Crippen LogP contribution in [-0.2, 0) is 0 Å². The number of nitrogens with zero attached hydrogens (tertiary/aromatic N) is 1. The molecular formula is C28H30BNO4. The van der Waals surface area contributed by atoms with E-state index in [4.69, 9.17) is 9.47 Å². The van der Waals surface area contributed by atoms with Gasteiger partial charge in [0.2, 0.25) is 7.28 Å². The molecule has 34 heavy (non-hydrogen) atoms. The molecule has 0 radical (unpaired) electrons. The molecular weight excluding hydrogens is 425 g/mol. The highest BCUT2D eigenvalue weighted by Gasteiger charge is 2.25. The number of amides is 1. The number of hydrogen-bond donors (Lipinski definition) is 0. The van der Waals surface area contributed by atoms with Gasteiger partial charge < -0.3 is 19.2 Å². The highest BCUT2D eigenvalue weighted by molar-refractivity contribution is 6.87. The average Bonchev–Trinajstić information content (AvgIpc) is 2.89. The molecule has 0 bridgehead atoms. The van der Waals surface area contributed by atoms with Crippen molar-refractivity contribution in [3.63, 3.8) is 0 Å². The van der Waals surface area contributed by atoms with Crippen LogP contribution in [0.2, 0.25) is 0 Å². The van der Waals surface area contributed by atoms with Gasteiger partial charge in [-0.1, -0.05) is 47.4 Å². The molecule has 0 aromatic heterocycles. The fourth-order valence-electron chi connectivity index (χ4n) is 4.61. The lowest BCUT2D eigenvalue weighted by molar-refractivity contribution is 0.0713. The molecule has 0 spiro atoms. The molecule has 6 heteroatoms. The summed E-state index contributed by atoms with van der Waals surface area (Å²) >= 11 is 0. The van der Waals surface area contributed by atoms with Gasteiger partial charge in [-0.05, 0) is 61.6 Å². The molecule has 1 fully saturated rings. The van der Waals surface area contributed by atoms with Gasteiger partial charge in [0.1, 0.15) is 17.2 Å². The van der Waals surface area contributed by atoms with E-state index in [1.165, 1.54) is 5.56 Å². The fourth-order valence-corrected chi connectivity index (χ4v) is 4.61. The first kappa shape index (κ1) is 23.6. The van der Waals surface area contributed by atoms with Gasteiger partial charge in [0.25, 0.3) is 5.91 Å². The molecule has 3 aromatic rings. The Morgan fingerprint density at radius 3 is 2.29 bits per heavy atom. The van der Waals surface area contributed by atoms with Crippen LogP contribution in [0.5, 0.6) is 11.5 Å². The van der Waals surface area contributed by atoms with E-state index in [0.29, 0.717) is 22.8 Å². The lowest BCUT2D eigenvalue weighted by Crippen LogP contribution is -2.38. The van der Waals surface area contributed by atoms with Crippen molar-refractivity contribution < 1.29 is 19.1 Å². The number of para-hydroxylation sites is 1. The van der Waals surface area contributed by atoms with Gasteiger partial charge in [0.15, 0.2) is 0 Å². The van der Waals surface area contributed by atoms with Crippen LogP contribution in [0, 0.1) is 6.92 Å². The number of methoxy groups -OCH3 is 2. The average molecular weight is 455 g/mol. The van der Waals surface area contributed by atoms with Gasteiger partial charge in [-0.3, -0.25) is 4.79 Å². The molecule has 174 valence electrons. The zero-order valence-electron chi connectivity index (χ0n) is 20.0. The first-order valence-electron chi connectivity index (χ1n) is 11.7. The summed E-state index contributed by atoms with van der Waals surface area (Å²) in [5, 5.41) is 0. The van der Waals surface area contributed by atoms with Gasteiger partial charge >= 0.3 is 0 Å². The number of likely N-dealkylation sites (tertiary alicyclic amines) is 1. The minimum absolute atomic E-state index is 0.0227. The number of carbonyl (C=O) groups is 2. The second kappa shape index (κ2) is 10.6. The number of benzene rings is 3. The zero-order chi connectivity index (χ0) is 24.1. The van der Waals surface area contributed by atoms with E-state index in [0.717, 1.165) is 42.7 Å². The van der Waals surface area contributed by atoms with E-state index in [1.54, 1.807) is 26.4 Å². The van der Waals surface area contributed by atoms with Gasteiger partial charge in [0, 0.05) is 24.2 Å². The summed E-state index contributed by atoms with van der Waals surface area (Å²) in [7, 11) is 3.46. The maximum absolute atomic E-state index is 13.3. The lowest BCUT2D eigenvalue weighted by Gasteiger charge is -2.32. The molecule has 5 nitrogen and oxygen atoms in total. The number of piperidine rings is 1. The molecule has 1 aliphatic heterocycles. The molecule has 0 aliphatic carbocycles. The number of carbonyl (C=O) groups excluding carboxylic acids is 2. The monoisotopic (exact) mass is 455 g/mol. The molecule has 0 atom stereocenters. The Morgan fingerprint density at radius 2 is 1.62 bits per heavy atom. The van der Waals surface area contributed by atoms with Crippen LogP contribution in [-0.4, -0.2) is 51.1 Å². The van der Waals surface area contributed by atoms with E-state index in [1.807, 2.05) is 54.3 Å². The SMILES string of the molecule is COc1ccc(C2CCN(C(=O)c3ccc(C)c(BC(=O)c4ccccc4OC)c3)CC2)cc1. The van der Waals surface area contributed by atoms with Gasteiger partial charge in [-0.25, -0.2) is 0 Å². The molecule has 1 aliphatic rings. The van der Waals surface area contributed by atoms with Crippen molar-refractivity contribution >= 4 is 24.3 Å². The summed E-state index contributed by atoms with van der Waals surface area (Å²) in [5.41, 5.74) is 4.33. The Hall–Kier alpha value is -3.54. The van der Waals surface area contributed by atoms with Crippen molar-refractivity contribution in [2.24, 2.45) is 0 Å². The van der Waals surface area contributed by atoms with E-state index in [9.17, 15) is 9.59 Å². The molecule has 4 rings (SSSR count). The molecule has 1 saturated heterocycles. The third kappa shape index (κ3) is 5.17. The van der Waals surface area contributed by atoms with Gasteiger partial charge in [0.05, 0.1) is 14.2 Å². The first-order valence-corrected chi connectivity index (χ1v) is 11.7. The highest BCUT2D eigenvalue weighted by Crippen LogP contribution is 2.29. The highest BCUT2D eigenvalue weighted by atomic mass is 16.5. The van der Waals surface area contributed by atoms with E-state index < -0.39 is 0 Å². The fraction of sp³-hybridized carbons (Fsp3) is 0.286. The minimum atomic E-state index is -0.0227. The van der Waals surface area contributed by atoms with Crippen LogP contribution >= 0.6 is 0 Å². The third-order valence-electron chi connectivity index (χ3n) is 6.72. The van der Waals surface area contributed by atoms with Crippen molar-refractivity contribution in [3.05, 3.63) is 89.0 Å². The molecule has 0 N–H and O–H groups in total. The minimum Gasteiger partial charge on any atom is -0.497 e. The summed E-state index contributed by atoms with van der Waals surface area (Å²) in [4.78, 5) is 28.1. The van der Waals surface area contributed by atoms with Gasteiger partial charge in [-0.15, -0.1) is 0 Å². The van der Waals surface area contributed by atoms with Crippen LogP contribution in [0.3, 0.4) is 0 Å². The zero-order valence-corrected chi connectivity index (χ0v) is 20.0. The van der Waals surface area contributed by atoms with Crippen LogP contribution in [0.25, 0.3) is 0 Å². The van der Waals surface area contributed by atoms with Crippen LogP contribution in [0.1, 0.15) is 50.6 Å². The second-order valence-corrected chi connectivity index (χ2v) is 8.78. The molecule has 3 aromatic carbocycles. The lowest BCUT2D eigenvalue weighted by atomic mass is 9.62. The van der Waals surface area contributed by atoms with Crippen molar-refractivity contribution in [1.82, 2.24) is 4.90 Å². The van der Waals surface area contributed by atoms with Crippen molar-refractivity contribution in [2.45, 2.75) is 25.7 Å². The van der Waals surface area contributed by atoms with Crippen molar-refractivity contribution in [2.75, 3.05) is 27.3 Å². The maximum Gasteiger partial charge on any atom is 0.253 e. The Bertz CT molecular complexity index is 1170. The smallest absolute Gasteiger partial charge is 0.253 e. The third-order valence-corrected chi connectivity index (χ3v) is 6.72. The van der Waals surface area contributed by atoms with E-state index >= 15 is 0 Å². The molecule has 0 saturated carbocycles. The van der Waals surface area contributed by atoms with Gasteiger partial charge in [-0.2, -0.15) is 0 Å². The summed E-state index contributed by atoms with van der Waals surface area (Å²) in [6.07, 6.45) is 1.87. The summed E-state index contributed by atoms with van der Waals surface area (Å²) in [5.74, 6) is 1.90. The number of rotatable bonds is 7. The predicted molar refractivity (Wildman–Crippen MR) is 136 cm³/mol. The van der Waals surface area contributed by atoms with Crippen molar-refractivity contribution in [1.29, 1.82) is 0 Å². The number of aryl methyl sites for hydroxylation is 1. The van der Waals surface area contributed by atoms with E-state index in [-0.39, 0.29) is 18.9 Å². The van der Waals surface area contributed by atoms with E-state index in [2.05, 4.69) is 12.1 Å². The quantitative estimate of drug-likeness (QED) is 0.507. The maximum atomic E-state index is 13.3. The Morgan fingerprint density at radius 1 is 0.912 bits per heavy atom. The molecule has 1 amide bonds. The Balaban J connectivity index is 1.43. The summed E-state index contributed by atoms with van der Waals surface area (Å²) in [6.45, 7) is 3.41.